The van der Waals surface area contributed by atoms with Gasteiger partial charge in [0, 0.05) is 29.5 Å². The fraction of sp³-hybridized carbons (Fsp3) is 0.435. The van der Waals surface area contributed by atoms with Crippen molar-refractivity contribution in [2.75, 3.05) is 13.1 Å². The molecule has 2 aromatic carbocycles. The first-order chi connectivity index (χ1) is 12.8. The summed E-state index contributed by atoms with van der Waals surface area (Å²) < 4.78 is 0. The fourth-order valence-electron chi connectivity index (χ4n) is 3.45. The highest BCUT2D eigenvalue weighted by Crippen LogP contribution is 2.33. The van der Waals surface area contributed by atoms with Crippen LogP contribution in [0.25, 0.3) is 0 Å². The number of rotatable bonds is 4. The molecule has 1 unspecified atom stereocenters. The Hall–Kier alpha value is -1.86. The lowest BCUT2D eigenvalue weighted by Gasteiger charge is -2.24. The lowest BCUT2D eigenvalue weighted by Crippen LogP contribution is -2.25. The summed E-state index contributed by atoms with van der Waals surface area (Å²) in [5.41, 5.74) is 3.27. The average molecular weight is 382 g/mol. The maximum Gasteiger partial charge on any atom is 0.127 e. The summed E-state index contributed by atoms with van der Waals surface area (Å²) in [4.78, 5) is 0. The van der Waals surface area contributed by atoms with Crippen LogP contribution < -0.4 is 10.6 Å². The molecular formula is C23H31N2OP. The molecule has 1 fully saturated rings. The van der Waals surface area contributed by atoms with Crippen LogP contribution in [0.2, 0.25) is 0 Å². The van der Waals surface area contributed by atoms with Crippen LogP contribution in [-0.4, -0.2) is 29.4 Å². The van der Waals surface area contributed by atoms with Gasteiger partial charge >= 0.3 is 0 Å². The van der Waals surface area contributed by atoms with E-state index in [9.17, 15) is 5.11 Å². The van der Waals surface area contributed by atoms with Crippen molar-refractivity contribution in [2.45, 2.75) is 52.4 Å². The summed E-state index contributed by atoms with van der Waals surface area (Å²) >= 11 is 0. The number of hydrogen-bond donors (Lipinski definition) is 1. The van der Waals surface area contributed by atoms with Crippen LogP contribution in [0.15, 0.2) is 41.5 Å². The van der Waals surface area contributed by atoms with E-state index in [0.717, 1.165) is 29.5 Å². The average Bonchev–Trinajstić information content (AvgIpc) is 2.63. The van der Waals surface area contributed by atoms with Crippen LogP contribution in [0.5, 0.6) is 5.75 Å². The molecule has 1 N–H and O–H groups in total. The SMILES string of the molecule is Cc1cc(Pc2ccccc2/C=N/N2CCCCC2)c(O)c(C(C)(C)C)c1. The van der Waals surface area contributed by atoms with Gasteiger partial charge in [-0.2, -0.15) is 5.10 Å². The minimum absolute atomic E-state index is 0.0788. The number of nitrogens with zero attached hydrogens (tertiary/aromatic N) is 2. The van der Waals surface area contributed by atoms with Gasteiger partial charge in [-0.25, -0.2) is 0 Å². The third kappa shape index (κ3) is 5.11. The van der Waals surface area contributed by atoms with Crippen molar-refractivity contribution in [2.24, 2.45) is 5.10 Å². The molecule has 0 spiro atoms. The van der Waals surface area contributed by atoms with Crippen LogP contribution >= 0.6 is 8.58 Å². The summed E-state index contributed by atoms with van der Waals surface area (Å²) in [5, 5.41) is 20.0. The lowest BCUT2D eigenvalue weighted by atomic mass is 9.85. The first-order valence-corrected chi connectivity index (χ1v) is 10.8. The summed E-state index contributed by atoms with van der Waals surface area (Å²) in [6.07, 6.45) is 5.76. The number of aromatic hydroxyl groups is 1. The summed E-state index contributed by atoms with van der Waals surface area (Å²) in [5.74, 6) is 0.439. The molecule has 1 atom stereocenters. The highest BCUT2D eigenvalue weighted by atomic mass is 31.1. The highest BCUT2D eigenvalue weighted by molar-refractivity contribution is 7.56. The minimum Gasteiger partial charge on any atom is -0.507 e. The molecule has 4 heteroatoms. The number of piperidine rings is 1. The number of hydrogen-bond acceptors (Lipinski definition) is 3. The summed E-state index contributed by atoms with van der Waals surface area (Å²) in [6.45, 7) is 10.6. The Morgan fingerprint density at radius 3 is 2.44 bits per heavy atom. The van der Waals surface area contributed by atoms with E-state index in [-0.39, 0.29) is 5.41 Å². The van der Waals surface area contributed by atoms with Crippen molar-refractivity contribution in [1.82, 2.24) is 5.01 Å². The molecule has 1 aliphatic rings. The fourth-order valence-corrected chi connectivity index (χ4v) is 4.77. The maximum atomic E-state index is 10.9. The molecule has 0 aliphatic carbocycles. The third-order valence-electron chi connectivity index (χ3n) is 4.98. The van der Waals surface area contributed by atoms with E-state index in [1.165, 1.54) is 30.1 Å². The van der Waals surface area contributed by atoms with Crippen LogP contribution in [0.4, 0.5) is 0 Å². The zero-order chi connectivity index (χ0) is 19.4. The van der Waals surface area contributed by atoms with Gasteiger partial charge in [0.2, 0.25) is 0 Å². The second-order valence-electron chi connectivity index (χ2n) is 8.43. The topological polar surface area (TPSA) is 35.8 Å². The van der Waals surface area contributed by atoms with Gasteiger partial charge in [0.1, 0.15) is 5.75 Å². The van der Waals surface area contributed by atoms with Crippen molar-refractivity contribution in [1.29, 1.82) is 0 Å². The van der Waals surface area contributed by atoms with Gasteiger partial charge in [0.25, 0.3) is 0 Å². The van der Waals surface area contributed by atoms with E-state index in [1.807, 2.05) is 6.21 Å². The minimum atomic E-state index is -0.0788. The van der Waals surface area contributed by atoms with Crippen molar-refractivity contribution in [3.05, 3.63) is 53.1 Å². The standard InChI is InChI=1S/C23H31N2OP/c1-17-14-19(23(2,3)4)22(26)21(15-17)27-20-11-7-6-10-18(20)16-24-25-12-8-5-9-13-25/h6-7,10-11,14-16,26-27H,5,8-9,12-13H2,1-4H3/b24-16+. The molecule has 3 rings (SSSR count). The monoisotopic (exact) mass is 382 g/mol. The quantitative estimate of drug-likeness (QED) is 0.627. The zero-order valence-corrected chi connectivity index (χ0v) is 17.9. The van der Waals surface area contributed by atoms with E-state index in [1.54, 1.807) is 0 Å². The van der Waals surface area contributed by atoms with Crippen molar-refractivity contribution in [3.8, 4) is 5.75 Å². The Labute approximate surface area is 165 Å². The van der Waals surface area contributed by atoms with Gasteiger partial charge in [-0.15, -0.1) is 0 Å². The number of benzene rings is 2. The van der Waals surface area contributed by atoms with Gasteiger partial charge < -0.3 is 5.11 Å². The smallest absolute Gasteiger partial charge is 0.127 e. The predicted octanol–water partition coefficient (Wildman–Crippen LogP) is 4.45. The Balaban J connectivity index is 1.88. The van der Waals surface area contributed by atoms with E-state index < -0.39 is 0 Å². The molecule has 0 radical (unpaired) electrons. The number of phenols is 1. The number of aryl methyl sites for hydroxylation is 1. The second kappa shape index (κ2) is 8.44. The van der Waals surface area contributed by atoms with Gasteiger partial charge in [0.05, 0.1) is 6.21 Å². The summed E-state index contributed by atoms with van der Waals surface area (Å²) in [6, 6.07) is 12.6. The Morgan fingerprint density at radius 1 is 1.04 bits per heavy atom. The van der Waals surface area contributed by atoms with Gasteiger partial charge in [0.15, 0.2) is 0 Å². The normalized spacial score (nSPS) is 15.9. The molecular weight excluding hydrogens is 351 g/mol. The van der Waals surface area contributed by atoms with Crippen molar-refractivity contribution in [3.63, 3.8) is 0 Å². The van der Waals surface area contributed by atoms with Crippen molar-refractivity contribution >= 4 is 25.4 Å². The maximum absolute atomic E-state index is 10.9. The summed E-state index contributed by atoms with van der Waals surface area (Å²) in [7, 11) is 0.405. The molecule has 27 heavy (non-hydrogen) atoms. The molecule has 144 valence electrons. The van der Waals surface area contributed by atoms with E-state index in [4.69, 9.17) is 5.10 Å². The number of hydrazone groups is 1. The molecule has 3 nitrogen and oxygen atoms in total. The largest absolute Gasteiger partial charge is 0.507 e. The van der Waals surface area contributed by atoms with Gasteiger partial charge in [-0.05, 0) is 48.5 Å². The molecule has 1 aliphatic heterocycles. The van der Waals surface area contributed by atoms with Gasteiger partial charge in [-0.3, -0.25) is 5.01 Å². The second-order valence-corrected chi connectivity index (χ2v) is 9.76. The van der Waals surface area contributed by atoms with Gasteiger partial charge in [-0.1, -0.05) is 59.7 Å². The highest BCUT2D eigenvalue weighted by Gasteiger charge is 2.21. The molecule has 0 aromatic heterocycles. The van der Waals surface area contributed by atoms with Crippen LogP contribution in [0.3, 0.4) is 0 Å². The van der Waals surface area contributed by atoms with E-state index in [2.05, 4.69) is 69.1 Å². The van der Waals surface area contributed by atoms with Crippen LogP contribution in [0.1, 0.15) is 56.7 Å². The molecule has 2 aromatic rings. The Bertz CT molecular complexity index is 818. The zero-order valence-electron chi connectivity index (χ0n) is 16.9. The molecule has 0 saturated carbocycles. The van der Waals surface area contributed by atoms with E-state index in [0.29, 0.717) is 14.3 Å². The Morgan fingerprint density at radius 2 is 1.74 bits per heavy atom. The van der Waals surface area contributed by atoms with Crippen molar-refractivity contribution < 1.29 is 5.11 Å². The first-order valence-electron chi connectivity index (χ1n) is 9.83. The Kier molecular flexibility index (Phi) is 6.22. The molecule has 0 bridgehead atoms. The first kappa shape index (κ1) is 19.9. The van der Waals surface area contributed by atoms with E-state index >= 15 is 0 Å². The van der Waals surface area contributed by atoms with Crippen LogP contribution in [-0.2, 0) is 5.41 Å². The molecule has 1 heterocycles. The molecule has 0 amide bonds. The predicted molar refractivity (Wildman–Crippen MR) is 119 cm³/mol. The molecule has 1 saturated heterocycles. The lowest BCUT2D eigenvalue weighted by molar-refractivity contribution is 0.240. The number of phenolic OH excluding ortho intramolecular Hbond substituents is 1. The third-order valence-corrected chi connectivity index (χ3v) is 6.36. The van der Waals surface area contributed by atoms with Crippen LogP contribution in [0, 0.1) is 6.92 Å².